The maximum atomic E-state index is 11.6. The lowest BCUT2D eigenvalue weighted by molar-refractivity contribution is -0.122. The van der Waals surface area contributed by atoms with Crippen LogP contribution in [0.5, 0.6) is 0 Å². The van der Waals surface area contributed by atoms with Gasteiger partial charge in [0, 0.05) is 32.1 Å². The van der Waals surface area contributed by atoms with E-state index in [1.807, 2.05) is 24.6 Å². The molecule has 0 atom stereocenters. The van der Waals surface area contributed by atoms with Crippen LogP contribution in [0.25, 0.3) is 0 Å². The van der Waals surface area contributed by atoms with Crippen LogP contribution >= 0.6 is 0 Å². The molecule has 1 aromatic heterocycles. The van der Waals surface area contributed by atoms with E-state index >= 15 is 0 Å². The van der Waals surface area contributed by atoms with Gasteiger partial charge >= 0.3 is 0 Å². The fourth-order valence-electron chi connectivity index (χ4n) is 1.55. The summed E-state index contributed by atoms with van der Waals surface area (Å²) in [5.74, 6) is 0.853. The van der Waals surface area contributed by atoms with E-state index in [-0.39, 0.29) is 11.9 Å². The quantitative estimate of drug-likeness (QED) is 0.648. The van der Waals surface area contributed by atoms with Crippen LogP contribution in [0.2, 0.25) is 0 Å². The van der Waals surface area contributed by atoms with Crippen molar-refractivity contribution >= 4 is 5.91 Å². The maximum absolute atomic E-state index is 11.6. The topological polar surface area (TPSA) is 68.2 Å². The van der Waals surface area contributed by atoms with Crippen molar-refractivity contribution in [2.75, 3.05) is 20.3 Å². The Balaban J connectivity index is 2.41. The normalized spacial score (nSPS) is 10.9. The van der Waals surface area contributed by atoms with Crippen LogP contribution < -0.4 is 10.6 Å². The SMILES string of the molecule is COCCNCc1nccn1CC(=O)NC(C)C. The van der Waals surface area contributed by atoms with Gasteiger partial charge in [-0.05, 0) is 13.8 Å². The van der Waals surface area contributed by atoms with E-state index < -0.39 is 0 Å². The highest BCUT2D eigenvalue weighted by Gasteiger charge is 2.08. The van der Waals surface area contributed by atoms with E-state index in [2.05, 4.69) is 15.6 Å². The summed E-state index contributed by atoms with van der Waals surface area (Å²) in [5, 5.41) is 6.06. The molecule has 18 heavy (non-hydrogen) atoms. The van der Waals surface area contributed by atoms with E-state index in [0.717, 1.165) is 12.4 Å². The molecule has 0 aliphatic carbocycles. The minimum atomic E-state index is 0.00106. The standard InChI is InChI=1S/C12H22N4O2/c1-10(2)15-12(17)9-16-6-4-14-11(16)8-13-5-7-18-3/h4,6,10,13H,5,7-9H2,1-3H3,(H,15,17). The number of hydrogen-bond acceptors (Lipinski definition) is 4. The summed E-state index contributed by atoms with van der Waals surface area (Å²) in [7, 11) is 1.67. The van der Waals surface area contributed by atoms with Gasteiger partial charge in [0.15, 0.2) is 0 Å². The van der Waals surface area contributed by atoms with Gasteiger partial charge in [-0.1, -0.05) is 0 Å². The van der Waals surface area contributed by atoms with Crippen molar-refractivity contribution in [3.05, 3.63) is 18.2 Å². The lowest BCUT2D eigenvalue weighted by Gasteiger charge is -2.11. The average Bonchev–Trinajstić information content (AvgIpc) is 2.71. The van der Waals surface area contributed by atoms with E-state index in [0.29, 0.717) is 19.7 Å². The molecule has 6 nitrogen and oxygen atoms in total. The fraction of sp³-hybridized carbons (Fsp3) is 0.667. The highest BCUT2D eigenvalue weighted by molar-refractivity contribution is 5.76. The zero-order valence-electron chi connectivity index (χ0n) is 11.3. The van der Waals surface area contributed by atoms with E-state index in [9.17, 15) is 4.79 Å². The summed E-state index contributed by atoms with van der Waals surface area (Å²) < 4.78 is 6.79. The van der Waals surface area contributed by atoms with Crippen molar-refractivity contribution in [3.8, 4) is 0 Å². The summed E-state index contributed by atoms with van der Waals surface area (Å²) in [6, 6.07) is 0.157. The van der Waals surface area contributed by atoms with Gasteiger partial charge in [0.25, 0.3) is 0 Å². The number of nitrogens with one attached hydrogen (secondary N) is 2. The monoisotopic (exact) mass is 254 g/mol. The molecule has 6 heteroatoms. The Bertz CT molecular complexity index is 363. The number of carbonyl (C=O) groups is 1. The molecule has 1 rings (SSSR count). The summed E-state index contributed by atoms with van der Waals surface area (Å²) in [4.78, 5) is 15.9. The molecular formula is C12H22N4O2. The molecule has 0 aliphatic heterocycles. The summed E-state index contributed by atoms with van der Waals surface area (Å²) in [6.07, 6.45) is 3.52. The molecule has 102 valence electrons. The van der Waals surface area contributed by atoms with Crippen molar-refractivity contribution in [2.24, 2.45) is 0 Å². The van der Waals surface area contributed by atoms with Crippen LogP contribution in [-0.4, -0.2) is 41.8 Å². The van der Waals surface area contributed by atoms with Crippen molar-refractivity contribution in [3.63, 3.8) is 0 Å². The Morgan fingerprint density at radius 2 is 2.33 bits per heavy atom. The van der Waals surface area contributed by atoms with Gasteiger partial charge in [-0.15, -0.1) is 0 Å². The lowest BCUT2D eigenvalue weighted by Crippen LogP contribution is -2.33. The third-order valence-electron chi connectivity index (χ3n) is 2.33. The van der Waals surface area contributed by atoms with Crippen molar-refractivity contribution in [2.45, 2.75) is 33.0 Å². The summed E-state index contributed by atoms with van der Waals surface area (Å²) >= 11 is 0. The van der Waals surface area contributed by atoms with Gasteiger partial charge in [0.1, 0.15) is 12.4 Å². The average molecular weight is 254 g/mol. The molecule has 1 amide bonds. The van der Waals surface area contributed by atoms with Gasteiger partial charge in [0.05, 0.1) is 13.2 Å². The Hall–Kier alpha value is -1.40. The van der Waals surface area contributed by atoms with Crippen molar-refractivity contribution < 1.29 is 9.53 Å². The van der Waals surface area contributed by atoms with Crippen LogP contribution in [0.3, 0.4) is 0 Å². The second kappa shape index (κ2) is 7.84. The number of amides is 1. The van der Waals surface area contributed by atoms with Gasteiger partial charge in [-0.3, -0.25) is 4.79 Å². The second-order valence-electron chi connectivity index (χ2n) is 4.36. The Morgan fingerprint density at radius 1 is 1.56 bits per heavy atom. The predicted octanol–water partition coefficient (Wildman–Crippen LogP) is 0.144. The minimum Gasteiger partial charge on any atom is -0.383 e. The number of aromatic nitrogens is 2. The van der Waals surface area contributed by atoms with E-state index in [1.54, 1.807) is 13.3 Å². The minimum absolute atomic E-state index is 0.00106. The molecule has 0 unspecified atom stereocenters. The lowest BCUT2D eigenvalue weighted by atomic mass is 10.4. The Kier molecular flexibility index (Phi) is 6.38. The first-order chi connectivity index (χ1) is 8.63. The molecule has 0 fully saturated rings. The van der Waals surface area contributed by atoms with Crippen LogP contribution in [0.4, 0.5) is 0 Å². The number of ether oxygens (including phenoxy) is 1. The van der Waals surface area contributed by atoms with Gasteiger partial charge in [0.2, 0.25) is 5.91 Å². The van der Waals surface area contributed by atoms with Crippen LogP contribution in [0, 0.1) is 0 Å². The Morgan fingerprint density at radius 3 is 3.00 bits per heavy atom. The van der Waals surface area contributed by atoms with E-state index in [1.165, 1.54) is 0 Å². The maximum Gasteiger partial charge on any atom is 0.240 e. The summed E-state index contributed by atoms with van der Waals surface area (Å²) in [6.45, 7) is 6.25. The molecule has 2 N–H and O–H groups in total. The molecule has 0 saturated carbocycles. The number of methoxy groups -OCH3 is 1. The predicted molar refractivity (Wildman–Crippen MR) is 69.1 cm³/mol. The number of nitrogens with zero attached hydrogens (tertiary/aromatic N) is 2. The molecule has 1 heterocycles. The van der Waals surface area contributed by atoms with Crippen LogP contribution in [0.15, 0.2) is 12.4 Å². The smallest absolute Gasteiger partial charge is 0.240 e. The van der Waals surface area contributed by atoms with Crippen molar-refractivity contribution in [1.29, 1.82) is 0 Å². The van der Waals surface area contributed by atoms with Gasteiger partial charge < -0.3 is 19.9 Å². The first-order valence-corrected chi connectivity index (χ1v) is 6.12. The number of imidazole rings is 1. The first-order valence-electron chi connectivity index (χ1n) is 6.12. The fourth-order valence-corrected chi connectivity index (χ4v) is 1.55. The number of rotatable bonds is 8. The largest absolute Gasteiger partial charge is 0.383 e. The second-order valence-corrected chi connectivity index (χ2v) is 4.36. The van der Waals surface area contributed by atoms with Gasteiger partial charge in [-0.2, -0.15) is 0 Å². The van der Waals surface area contributed by atoms with Crippen molar-refractivity contribution in [1.82, 2.24) is 20.2 Å². The summed E-state index contributed by atoms with van der Waals surface area (Å²) in [5.41, 5.74) is 0. The highest BCUT2D eigenvalue weighted by Crippen LogP contribution is 1.97. The Labute approximate surface area is 108 Å². The molecular weight excluding hydrogens is 232 g/mol. The molecule has 0 aromatic carbocycles. The van der Waals surface area contributed by atoms with Crippen LogP contribution in [0.1, 0.15) is 19.7 Å². The molecule has 1 aromatic rings. The molecule has 0 spiro atoms. The molecule has 0 aliphatic rings. The highest BCUT2D eigenvalue weighted by atomic mass is 16.5. The van der Waals surface area contributed by atoms with Crippen LogP contribution in [-0.2, 0) is 22.6 Å². The third-order valence-corrected chi connectivity index (χ3v) is 2.33. The molecule has 0 radical (unpaired) electrons. The third kappa shape index (κ3) is 5.29. The van der Waals surface area contributed by atoms with E-state index in [4.69, 9.17) is 4.74 Å². The first kappa shape index (κ1) is 14.7. The molecule has 0 saturated heterocycles. The molecule has 0 bridgehead atoms. The number of hydrogen-bond donors (Lipinski definition) is 2. The zero-order chi connectivity index (χ0) is 13.4. The number of carbonyl (C=O) groups excluding carboxylic acids is 1. The zero-order valence-corrected chi connectivity index (χ0v) is 11.3. The van der Waals surface area contributed by atoms with Gasteiger partial charge in [-0.25, -0.2) is 4.98 Å².